The third-order valence-electron chi connectivity index (χ3n) is 6.82. The van der Waals surface area contributed by atoms with Gasteiger partial charge >= 0.3 is 5.97 Å². The number of carbonyl (C=O) groups excluding carboxylic acids is 1. The van der Waals surface area contributed by atoms with Gasteiger partial charge in [-0.1, -0.05) is 0 Å². The summed E-state index contributed by atoms with van der Waals surface area (Å²) in [5.41, 5.74) is -0.179. The quantitative estimate of drug-likeness (QED) is 0.329. The van der Waals surface area contributed by atoms with E-state index in [1.165, 1.54) is 19.3 Å². The largest absolute Gasteiger partial charge is 0.491 e. The van der Waals surface area contributed by atoms with Crippen LogP contribution in [-0.4, -0.2) is 63.8 Å². The summed E-state index contributed by atoms with van der Waals surface area (Å²) in [4.78, 5) is 16.7. The van der Waals surface area contributed by atoms with Crippen LogP contribution in [0.5, 0.6) is 5.75 Å². The molecule has 1 aromatic heterocycles. The molecular weight excluding hydrogens is 398 g/mol. The summed E-state index contributed by atoms with van der Waals surface area (Å²) < 4.78 is 27.6. The summed E-state index contributed by atoms with van der Waals surface area (Å²) >= 11 is 0. The Bertz CT molecular complexity index is 647. The molecular formula is C24H35NO6. The van der Waals surface area contributed by atoms with Crippen LogP contribution in [0.25, 0.3) is 0 Å². The van der Waals surface area contributed by atoms with Crippen molar-refractivity contribution in [1.82, 2.24) is 4.98 Å². The SMILES string of the molecule is O=C(OCCOCCOCCOCCOc1ccncc1)C12CC3CC(CC(C3)C1)C2. The molecule has 0 amide bonds. The van der Waals surface area contributed by atoms with Crippen LogP contribution in [0.3, 0.4) is 0 Å². The maximum Gasteiger partial charge on any atom is 0.312 e. The summed E-state index contributed by atoms with van der Waals surface area (Å²) in [5, 5.41) is 0. The van der Waals surface area contributed by atoms with Gasteiger partial charge in [-0.25, -0.2) is 0 Å². The monoisotopic (exact) mass is 433 g/mol. The number of rotatable bonds is 14. The molecule has 7 heteroatoms. The molecule has 0 aromatic carbocycles. The fourth-order valence-corrected chi connectivity index (χ4v) is 5.90. The number of esters is 1. The number of nitrogens with zero attached hydrogens (tertiary/aromatic N) is 1. The first-order valence-corrected chi connectivity index (χ1v) is 11.7. The molecule has 172 valence electrons. The van der Waals surface area contributed by atoms with Gasteiger partial charge in [-0.3, -0.25) is 9.78 Å². The van der Waals surface area contributed by atoms with Crippen LogP contribution < -0.4 is 4.74 Å². The predicted molar refractivity (Wildman–Crippen MR) is 114 cm³/mol. The van der Waals surface area contributed by atoms with E-state index >= 15 is 0 Å². The van der Waals surface area contributed by atoms with Crippen molar-refractivity contribution in [3.8, 4) is 5.75 Å². The van der Waals surface area contributed by atoms with Crippen molar-refractivity contribution >= 4 is 5.97 Å². The average molecular weight is 434 g/mol. The summed E-state index contributed by atoms with van der Waals surface area (Å²) in [6, 6.07) is 3.63. The second kappa shape index (κ2) is 11.2. The highest BCUT2D eigenvalue weighted by Gasteiger charge is 2.55. The van der Waals surface area contributed by atoms with E-state index in [1.807, 2.05) is 12.1 Å². The molecule has 7 nitrogen and oxygen atoms in total. The lowest BCUT2D eigenvalue weighted by Gasteiger charge is -2.55. The Balaban J connectivity index is 0.950. The highest BCUT2D eigenvalue weighted by molar-refractivity contribution is 5.77. The Morgan fingerprint density at radius 1 is 0.774 bits per heavy atom. The maximum absolute atomic E-state index is 12.7. The van der Waals surface area contributed by atoms with Crippen LogP contribution >= 0.6 is 0 Å². The zero-order chi connectivity index (χ0) is 21.4. The molecule has 4 aliphatic rings. The van der Waals surface area contributed by atoms with Crippen LogP contribution in [0.15, 0.2) is 24.5 Å². The smallest absolute Gasteiger partial charge is 0.312 e. The molecule has 0 spiro atoms. The standard InChI is InChI=1S/C24H35NO6/c26-23(24-16-19-13-20(17-24)15-21(14-19)18-24)31-12-10-29-8-6-27-5-7-28-9-11-30-22-1-3-25-4-2-22/h1-4,19-21H,5-18H2. The molecule has 4 saturated carbocycles. The van der Waals surface area contributed by atoms with Gasteiger partial charge in [0.05, 0.1) is 45.1 Å². The van der Waals surface area contributed by atoms with E-state index < -0.39 is 0 Å². The lowest BCUT2D eigenvalue weighted by molar-refractivity contribution is -0.173. The topological polar surface area (TPSA) is 76.1 Å². The number of ether oxygens (including phenoxy) is 5. The second-order valence-corrected chi connectivity index (χ2v) is 9.20. The first-order valence-electron chi connectivity index (χ1n) is 11.7. The Hall–Kier alpha value is -1.70. The summed E-state index contributed by atoms with van der Waals surface area (Å²) in [6.07, 6.45) is 10.5. The molecule has 0 N–H and O–H groups in total. The third-order valence-corrected chi connectivity index (χ3v) is 6.82. The Labute approximate surface area is 184 Å². The van der Waals surface area contributed by atoms with E-state index in [1.54, 1.807) is 12.4 Å². The van der Waals surface area contributed by atoms with Gasteiger partial charge in [0.2, 0.25) is 0 Å². The van der Waals surface area contributed by atoms with E-state index in [2.05, 4.69) is 4.98 Å². The molecule has 1 aromatic rings. The predicted octanol–water partition coefficient (Wildman–Crippen LogP) is 3.27. The van der Waals surface area contributed by atoms with Crippen LogP contribution in [0.4, 0.5) is 0 Å². The third kappa shape index (κ3) is 6.40. The lowest BCUT2D eigenvalue weighted by atomic mass is 9.49. The van der Waals surface area contributed by atoms with Gasteiger partial charge in [-0.15, -0.1) is 0 Å². The molecule has 0 saturated heterocycles. The van der Waals surface area contributed by atoms with Gasteiger partial charge in [-0.2, -0.15) is 0 Å². The molecule has 0 unspecified atom stereocenters. The molecule has 4 fully saturated rings. The van der Waals surface area contributed by atoms with Gasteiger partial charge in [0.25, 0.3) is 0 Å². The minimum absolute atomic E-state index is 0.0245. The highest BCUT2D eigenvalue weighted by Crippen LogP contribution is 2.60. The molecule has 31 heavy (non-hydrogen) atoms. The number of hydrogen-bond acceptors (Lipinski definition) is 7. The van der Waals surface area contributed by atoms with E-state index in [0.717, 1.165) is 42.8 Å². The van der Waals surface area contributed by atoms with Crippen molar-refractivity contribution in [2.24, 2.45) is 23.2 Å². The zero-order valence-electron chi connectivity index (χ0n) is 18.3. The minimum Gasteiger partial charge on any atom is -0.491 e. The summed E-state index contributed by atoms with van der Waals surface area (Å²) in [5.74, 6) is 3.08. The van der Waals surface area contributed by atoms with Gasteiger partial charge in [0.1, 0.15) is 19.0 Å². The molecule has 1 heterocycles. The van der Waals surface area contributed by atoms with Gasteiger partial charge in [0.15, 0.2) is 0 Å². The lowest BCUT2D eigenvalue weighted by Crippen LogP contribution is -2.50. The number of pyridine rings is 1. The minimum atomic E-state index is -0.179. The van der Waals surface area contributed by atoms with E-state index in [9.17, 15) is 4.79 Å². The average Bonchev–Trinajstić information content (AvgIpc) is 2.76. The van der Waals surface area contributed by atoms with Crippen molar-refractivity contribution < 1.29 is 28.5 Å². The maximum atomic E-state index is 12.7. The highest BCUT2D eigenvalue weighted by atomic mass is 16.6. The number of hydrogen-bond donors (Lipinski definition) is 0. The summed E-state index contributed by atoms with van der Waals surface area (Å²) in [6.45, 7) is 3.78. The van der Waals surface area contributed by atoms with E-state index in [-0.39, 0.29) is 11.4 Å². The molecule has 4 bridgehead atoms. The van der Waals surface area contributed by atoms with E-state index in [0.29, 0.717) is 52.9 Å². The molecule has 4 aliphatic carbocycles. The normalized spacial score (nSPS) is 28.6. The number of aromatic nitrogens is 1. The van der Waals surface area contributed by atoms with E-state index in [4.69, 9.17) is 23.7 Å². The first-order chi connectivity index (χ1) is 15.2. The van der Waals surface area contributed by atoms with Gasteiger partial charge in [0, 0.05) is 12.4 Å². The van der Waals surface area contributed by atoms with Crippen LogP contribution in [-0.2, 0) is 23.7 Å². The molecule has 0 atom stereocenters. The first kappa shape index (κ1) is 22.5. The fraction of sp³-hybridized carbons (Fsp3) is 0.750. The molecule has 0 radical (unpaired) electrons. The van der Waals surface area contributed by atoms with Crippen LogP contribution in [0.1, 0.15) is 38.5 Å². The van der Waals surface area contributed by atoms with Crippen molar-refractivity contribution in [1.29, 1.82) is 0 Å². The second-order valence-electron chi connectivity index (χ2n) is 9.20. The Kier molecular flexibility index (Phi) is 8.16. The fourth-order valence-electron chi connectivity index (χ4n) is 5.90. The van der Waals surface area contributed by atoms with Gasteiger partial charge < -0.3 is 23.7 Å². The van der Waals surface area contributed by atoms with Gasteiger partial charge in [-0.05, 0) is 68.4 Å². The van der Waals surface area contributed by atoms with Crippen LogP contribution in [0, 0.1) is 23.2 Å². The zero-order valence-corrected chi connectivity index (χ0v) is 18.3. The van der Waals surface area contributed by atoms with Crippen molar-refractivity contribution in [2.45, 2.75) is 38.5 Å². The van der Waals surface area contributed by atoms with Crippen LogP contribution in [0.2, 0.25) is 0 Å². The summed E-state index contributed by atoms with van der Waals surface area (Å²) in [7, 11) is 0. The van der Waals surface area contributed by atoms with Crippen molar-refractivity contribution in [3.63, 3.8) is 0 Å². The molecule has 0 aliphatic heterocycles. The number of carbonyl (C=O) groups is 1. The molecule has 5 rings (SSSR count). The van der Waals surface area contributed by atoms with Crippen molar-refractivity contribution in [2.75, 3.05) is 52.9 Å². The van der Waals surface area contributed by atoms with Crippen molar-refractivity contribution in [3.05, 3.63) is 24.5 Å². The Morgan fingerprint density at radius 3 is 1.81 bits per heavy atom. The Morgan fingerprint density at radius 2 is 1.26 bits per heavy atom.